The van der Waals surface area contributed by atoms with Gasteiger partial charge in [-0.25, -0.2) is 31.1 Å². The molecule has 0 bridgehead atoms. The number of hydrogen-bond acceptors (Lipinski definition) is 8. The maximum Gasteiger partial charge on any atom is 0.266 e. The molecule has 0 unspecified atom stereocenters. The van der Waals surface area contributed by atoms with Gasteiger partial charge in [-0.2, -0.15) is 0 Å². The van der Waals surface area contributed by atoms with Crippen LogP contribution in [0.3, 0.4) is 0 Å². The number of methoxy groups -OCH3 is 1. The summed E-state index contributed by atoms with van der Waals surface area (Å²) in [6, 6.07) is 16.7. The minimum atomic E-state index is -3.84. The van der Waals surface area contributed by atoms with Crippen LogP contribution in [0.1, 0.15) is 65.5 Å². The van der Waals surface area contributed by atoms with Gasteiger partial charge in [0.2, 0.25) is 0 Å². The highest BCUT2D eigenvalue weighted by atomic mass is 79.9. The maximum atomic E-state index is 13.1. The van der Waals surface area contributed by atoms with Crippen molar-refractivity contribution < 1.29 is 26.3 Å². The maximum absolute atomic E-state index is 13.1. The number of pyridine rings is 2. The van der Waals surface area contributed by atoms with Gasteiger partial charge >= 0.3 is 0 Å². The highest BCUT2D eigenvalue weighted by molar-refractivity contribution is 9.10. The first-order valence-corrected chi connectivity index (χ1v) is 21.4. The van der Waals surface area contributed by atoms with Crippen LogP contribution in [-0.4, -0.2) is 53.9 Å². The molecule has 2 aromatic carbocycles. The summed E-state index contributed by atoms with van der Waals surface area (Å²) >= 11 is 18.3. The Hall–Kier alpha value is -2.30. The minimum Gasteiger partial charge on any atom is -0.381 e. The predicted molar refractivity (Wildman–Crippen MR) is 217 cm³/mol. The summed E-state index contributed by atoms with van der Waals surface area (Å²) in [6.07, 6.45) is 5.42. The van der Waals surface area contributed by atoms with E-state index in [9.17, 15) is 16.8 Å². The molecule has 10 nitrogen and oxygen atoms in total. The van der Waals surface area contributed by atoms with Crippen molar-refractivity contribution in [1.29, 1.82) is 0 Å². The highest BCUT2D eigenvalue weighted by Gasteiger charge is 2.28. The molecule has 0 radical (unpaired) electrons. The molecule has 0 saturated carbocycles. The Kier molecular flexibility index (Phi) is 16.0. The summed E-state index contributed by atoms with van der Waals surface area (Å²) in [7, 11) is -6.10. The number of hydrogen-bond donors (Lipinski definition) is 1. The zero-order valence-electron chi connectivity index (χ0n) is 30.1. The van der Waals surface area contributed by atoms with Crippen LogP contribution in [-0.2, 0) is 40.4 Å². The molecule has 2 aromatic heterocycles. The molecule has 1 fully saturated rings. The average Bonchev–Trinajstić information content (AvgIpc) is 3.67. The van der Waals surface area contributed by atoms with Crippen molar-refractivity contribution in [3.63, 3.8) is 0 Å². The van der Waals surface area contributed by atoms with Crippen LogP contribution in [0.25, 0.3) is 0 Å². The van der Waals surface area contributed by atoms with E-state index in [0.29, 0.717) is 30.6 Å². The van der Waals surface area contributed by atoms with Crippen LogP contribution < -0.4 is 9.03 Å². The van der Waals surface area contributed by atoms with Gasteiger partial charge in [-0.05, 0) is 103 Å². The van der Waals surface area contributed by atoms with E-state index in [1.54, 1.807) is 24.3 Å². The van der Waals surface area contributed by atoms with Gasteiger partial charge in [-0.15, -0.1) is 0 Å². The Labute approximate surface area is 335 Å². The Bertz CT molecular complexity index is 2000. The molecule has 52 heavy (non-hydrogen) atoms. The van der Waals surface area contributed by atoms with Crippen LogP contribution in [0, 0.1) is 0 Å². The second kappa shape index (κ2) is 18.8. The monoisotopic (exact) mass is 920 g/mol. The number of benzene rings is 2. The molecule has 16 heteroatoms. The number of nitrogens with one attached hydrogen (secondary N) is 1. The molecule has 1 N–H and O–H groups in total. The Morgan fingerprint density at radius 2 is 1.23 bits per heavy atom. The first-order valence-electron chi connectivity index (χ1n) is 16.1. The minimum absolute atomic E-state index is 0.0321. The fourth-order valence-electron chi connectivity index (χ4n) is 4.57. The van der Waals surface area contributed by atoms with E-state index in [0.717, 1.165) is 28.6 Å². The van der Waals surface area contributed by atoms with Gasteiger partial charge in [-0.1, -0.05) is 89.0 Å². The van der Waals surface area contributed by atoms with Crippen LogP contribution >= 0.6 is 55.1 Å². The fourth-order valence-corrected chi connectivity index (χ4v) is 8.31. The van der Waals surface area contributed by atoms with Gasteiger partial charge in [-0.3, -0.25) is 4.72 Å². The molecule has 3 heterocycles. The SMILES string of the molecule is C1CCOC1.CC(C)(C)c1ccc(S(=O)(=O)Nc2cc(Cl)cnc2Br)cc1.COCN(c1cc(Cl)cnc1Br)S(=O)(=O)c1ccc(C(C)(C)C)cc1. The van der Waals surface area contributed by atoms with Gasteiger partial charge < -0.3 is 9.47 Å². The van der Waals surface area contributed by atoms with Crippen molar-refractivity contribution >= 4 is 86.5 Å². The van der Waals surface area contributed by atoms with Crippen LogP contribution in [0.5, 0.6) is 0 Å². The van der Waals surface area contributed by atoms with E-state index in [-0.39, 0.29) is 27.4 Å². The molecule has 0 amide bonds. The molecule has 0 spiro atoms. The molecule has 4 aromatic rings. The highest BCUT2D eigenvalue weighted by Crippen LogP contribution is 2.33. The van der Waals surface area contributed by atoms with E-state index in [4.69, 9.17) is 32.7 Å². The number of nitrogens with zero attached hydrogens (tertiary/aromatic N) is 3. The van der Waals surface area contributed by atoms with Crippen LogP contribution in [0.4, 0.5) is 11.4 Å². The molecule has 1 aliphatic heterocycles. The lowest BCUT2D eigenvalue weighted by atomic mass is 9.87. The standard InChI is InChI=1S/C17H20BrClN2O3S.C15H16BrClN2O2S.C4H8O/c1-17(2,3)12-5-7-14(8-6-12)25(22,23)21(11-24-4)15-9-13(19)10-20-16(15)18;1-15(2,3)10-4-6-12(7-5-10)22(20,21)19-13-8-11(17)9-18-14(13)16;1-2-4-5-3-1/h5-10H,11H2,1-4H3;4-9,19H,1-3H3;1-4H2. The second-order valence-corrected chi connectivity index (χ2v) is 19.6. The molecule has 0 atom stereocenters. The van der Waals surface area contributed by atoms with Crippen molar-refractivity contribution in [3.8, 4) is 0 Å². The summed E-state index contributed by atoms with van der Waals surface area (Å²) < 4.78 is 65.4. The zero-order chi connectivity index (χ0) is 38.9. The van der Waals surface area contributed by atoms with Crippen molar-refractivity contribution in [1.82, 2.24) is 9.97 Å². The first kappa shape index (κ1) is 44.1. The van der Waals surface area contributed by atoms with Crippen molar-refractivity contribution in [2.75, 3.05) is 36.1 Å². The zero-order valence-corrected chi connectivity index (χ0v) is 36.4. The van der Waals surface area contributed by atoms with E-state index in [2.05, 4.69) is 88.1 Å². The van der Waals surface area contributed by atoms with Crippen LogP contribution in [0.15, 0.2) is 92.1 Å². The number of rotatable bonds is 8. The lowest BCUT2D eigenvalue weighted by Gasteiger charge is -2.25. The predicted octanol–water partition coefficient (Wildman–Crippen LogP) is 9.99. The Morgan fingerprint density at radius 3 is 1.67 bits per heavy atom. The van der Waals surface area contributed by atoms with Gasteiger partial charge in [0.05, 0.1) is 31.2 Å². The average molecular weight is 924 g/mol. The molecule has 284 valence electrons. The van der Waals surface area contributed by atoms with Crippen molar-refractivity contribution in [2.24, 2.45) is 0 Å². The molecular weight excluding hydrogens is 879 g/mol. The first-order chi connectivity index (χ1) is 24.2. The van der Waals surface area contributed by atoms with Gasteiger partial charge in [0.1, 0.15) is 15.9 Å². The Balaban J connectivity index is 0.000000248. The molecular formula is C36H44Br2Cl2N4O6S2. The largest absolute Gasteiger partial charge is 0.381 e. The third-order valence-electron chi connectivity index (χ3n) is 7.52. The fraction of sp³-hybridized carbons (Fsp3) is 0.389. The van der Waals surface area contributed by atoms with Crippen molar-refractivity contribution in [3.05, 3.63) is 103 Å². The van der Waals surface area contributed by atoms with Gasteiger partial charge in [0.15, 0.2) is 0 Å². The van der Waals surface area contributed by atoms with E-state index in [1.165, 1.54) is 44.5 Å². The number of anilines is 2. The van der Waals surface area contributed by atoms with Crippen LogP contribution in [0.2, 0.25) is 10.0 Å². The van der Waals surface area contributed by atoms with Gasteiger partial charge in [0.25, 0.3) is 20.0 Å². The molecule has 5 rings (SSSR count). The van der Waals surface area contributed by atoms with E-state index in [1.807, 2.05) is 24.3 Å². The van der Waals surface area contributed by atoms with Crippen molar-refractivity contribution in [2.45, 2.75) is 75.0 Å². The smallest absolute Gasteiger partial charge is 0.266 e. The van der Waals surface area contributed by atoms with E-state index < -0.39 is 20.0 Å². The second-order valence-electron chi connectivity index (χ2n) is 13.7. The topological polar surface area (TPSA) is 128 Å². The summed E-state index contributed by atoms with van der Waals surface area (Å²) in [4.78, 5) is 8.38. The van der Waals surface area contributed by atoms with E-state index >= 15 is 0 Å². The number of halogens is 4. The quantitative estimate of drug-likeness (QED) is 0.137. The summed E-state index contributed by atoms with van der Waals surface area (Å²) in [5.41, 5.74) is 2.64. The normalized spacial score (nSPS) is 13.4. The lowest BCUT2D eigenvalue weighted by molar-refractivity contribution is 0.198. The molecule has 0 aliphatic carbocycles. The summed E-state index contributed by atoms with van der Waals surface area (Å²) in [5, 5.41) is 0.682. The molecule has 1 aliphatic rings. The summed E-state index contributed by atoms with van der Waals surface area (Å²) in [5.74, 6) is 0. The summed E-state index contributed by atoms with van der Waals surface area (Å²) in [6.45, 7) is 14.3. The third-order valence-corrected chi connectivity index (χ3v) is 12.3. The Morgan fingerprint density at radius 1 is 0.769 bits per heavy atom. The number of aromatic nitrogens is 2. The third kappa shape index (κ3) is 12.6. The molecule has 1 saturated heterocycles. The number of ether oxygens (including phenoxy) is 2. The lowest BCUT2D eigenvalue weighted by Crippen LogP contribution is -2.33. The van der Waals surface area contributed by atoms with Gasteiger partial charge in [0, 0.05) is 32.7 Å². The number of sulfonamides is 2.